The maximum Gasteiger partial charge on any atom is 0.307 e. The Morgan fingerprint density at radius 2 is 2.08 bits per heavy atom. The average Bonchev–Trinajstić information content (AvgIpc) is 2.54. The Morgan fingerprint density at radius 3 is 2.79 bits per heavy atom. The number of allylic oxidation sites excluding steroid dienone is 4. The van der Waals surface area contributed by atoms with Crippen LogP contribution in [0.1, 0.15) is 16.8 Å². The number of rotatable bonds is 3. The number of halogens is 3. The molecule has 0 saturated heterocycles. The van der Waals surface area contributed by atoms with E-state index in [0.29, 0.717) is 26.9 Å². The van der Waals surface area contributed by atoms with Gasteiger partial charge < -0.3 is 5.11 Å². The molecule has 1 aromatic carbocycles. The molecule has 0 radical (unpaired) electrons. The van der Waals surface area contributed by atoms with Crippen molar-refractivity contribution in [3.8, 4) is 0 Å². The first-order valence-corrected chi connectivity index (χ1v) is 8.59. The summed E-state index contributed by atoms with van der Waals surface area (Å²) in [6, 6.07) is 7.41. The number of aromatic nitrogens is 1. The number of carboxylic acids is 1. The predicted octanol–water partition coefficient (Wildman–Crippen LogP) is 4.79. The largest absolute Gasteiger partial charge is 0.481 e. The maximum atomic E-state index is 14.4. The fourth-order valence-corrected chi connectivity index (χ4v) is 3.81. The Bertz CT molecular complexity index is 894. The van der Waals surface area contributed by atoms with Crippen LogP contribution in [-0.4, -0.2) is 27.6 Å². The van der Waals surface area contributed by atoms with E-state index in [9.17, 15) is 14.3 Å². The van der Waals surface area contributed by atoms with Crippen LogP contribution in [0.3, 0.4) is 0 Å². The number of aryl methyl sites for hydroxylation is 1. The number of para-hydroxylation sites is 1. The summed E-state index contributed by atoms with van der Waals surface area (Å²) in [4.78, 5) is 15.8. The SMILES string of the molecule is Cc1nc2ccccc2c(C2=CC=C(Br)C(F)C2Cl)c1CC(=O)O. The van der Waals surface area contributed by atoms with Crippen molar-refractivity contribution in [1.82, 2.24) is 4.98 Å². The van der Waals surface area contributed by atoms with E-state index >= 15 is 0 Å². The summed E-state index contributed by atoms with van der Waals surface area (Å²) in [6.45, 7) is 1.76. The van der Waals surface area contributed by atoms with Gasteiger partial charge in [0.1, 0.15) is 0 Å². The Labute approximate surface area is 152 Å². The number of carbonyl (C=O) groups is 1. The van der Waals surface area contributed by atoms with Crippen molar-refractivity contribution >= 4 is 50.0 Å². The van der Waals surface area contributed by atoms with Gasteiger partial charge in [0.2, 0.25) is 0 Å². The Balaban J connectivity index is 2.34. The molecule has 3 rings (SSSR count). The zero-order valence-corrected chi connectivity index (χ0v) is 15.1. The van der Waals surface area contributed by atoms with E-state index in [1.165, 1.54) is 0 Å². The number of alkyl halides is 2. The summed E-state index contributed by atoms with van der Waals surface area (Å²) in [5.41, 5.74) is 3.15. The first kappa shape index (κ1) is 17.1. The van der Waals surface area contributed by atoms with Crippen molar-refractivity contribution in [3.05, 3.63) is 57.7 Å². The number of benzene rings is 1. The van der Waals surface area contributed by atoms with Crippen LogP contribution >= 0.6 is 27.5 Å². The first-order valence-electron chi connectivity index (χ1n) is 7.36. The van der Waals surface area contributed by atoms with Gasteiger partial charge in [0.05, 0.1) is 17.3 Å². The molecule has 6 heteroatoms. The van der Waals surface area contributed by atoms with Gasteiger partial charge in [0.25, 0.3) is 0 Å². The molecule has 1 aromatic heterocycles. The topological polar surface area (TPSA) is 50.2 Å². The monoisotopic (exact) mass is 409 g/mol. The van der Waals surface area contributed by atoms with E-state index in [2.05, 4.69) is 20.9 Å². The number of fused-ring (bicyclic) bond motifs is 1. The van der Waals surface area contributed by atoms with Crippen molar-refractivity contribution in [2.75, 3.05) is 0 Å². The fourth-order valence-electron chi connectivity index (χ4n) is 2.94. The zero-order valence-electron chi connectivity index (χ0n) is 12.8. The number of carboxylic acid groups (broad SMARTS) is 1. The molecule has 2 atom stereocenters. The van der Waals surface area contributed by atoms with Gasteiger partial charge in [-0.2, -0.15) is 0 Å². The smallest absolute Gasteiger partial charge is 0.307 e. The molecule has 1 aliphatic carbocycles. The summed E-state index contributed by atoms with van der Waals surface area (Å²) in [7, 11) is 0. The number of nitrogens with zero attached hydrogens (tertiary/aromatic N) is 1. The molecule has 124 valence electrons. The van der Waals surface area contributed by atoms with Gasteiger partial charge in [-0.15, -0.1) is 11.6 Å². The molecule has 1 aliphatic rings. The minimum Gasteiger partial charge on any atom is -0.481 e. The van der Waals surface area contributed by atoms with Gasteiger partial charge in [0, 0.05) is 15.6 Å². The normalized spacial score (nSPS) is 20.7. The van der Waals surface area contributed by atoms with Crippen LogP contribution in [0.15, 0.2) is 40.9 Å². The van der Waals surface area contributed by atoms with Crippen LogP contribution in [0.4, 0.5) is 4.39 Å². The standard InChI is InChI=1S/C18H14BrClFNO2/c1-9-12(8-15(23)24)16(10-4-2-3-5-14(10)22-9)11-6-7-13(19)18(21)17(11)20/h2-7,17-18H,8H2,1H3,(H,23,24). The van der Waals surface area contributed by atoms with Crippen LogP contribution in [-0.2, 0) is 11.2 Å². The molecule has 0 spiro atoms. The number of aliphatic carboxylic acids is 1. The van der Waals surface area contributed by atoms with Crippen molar-refractivity contribution in [1.29, 1.82) is 0 Å². The third-order valence-corrected chi connectivity index (χ3v) is 5.21. The predicted molar refractivity (Wildman–Crippen MR) is 97.3 cm³/mol. The molecule has 24 heavy (non-hydrogen) atoms. The molecule has 0 bridgehead atoms. The van der Waals surface area contributed by atoms with E-state index in [4.69, 9.17) is 11.6 Å². The van der Waals surface area contributed by atoms with Gasteiger partial charge in [-0.05, 0) is 35.8 Å². The molecule has 0 aliphatic heterocycles. The molecule has 1 heterocycles. The van der Waals surface area contributed by atoms with Gasteiger partial charge in [-0.25, -0.2) is 4.39 Å². The minimum atomic E-state index is -1.38. The van der Waals surface area contributed by atoms with Gasteiger partial charge in [-0.3, -0.25) is 9.78 Å². The van der Waals surface area contributed by atoms with Crippen molar-refractivity contribution in [2.24, 2.45) is 0 Å². The zero-order chi connectivity index (χ0) is 17.4. The Morgan fingerprint density at radius 1 is 1.38 bits per heavy atom. The van der Waals surface area contributed by atoms with E-state index in [-0.39, 0.29) is 6.42 Å². The van der Waals surface area contributed by atoms with Gasteiger partial charge in [-0.1, -0.05) is 40.2 Å². The number of pyridine rings is 1. The summed E-state index contributed by atoms with van der Waals surface area (Å²) in [5.74, 6) is -0.965. The van der Waals surface area contributed by atoms with Crippen LogP contribution in [0.2, 0.25) is 0 Å². The number of hydrogen-bond acceptors (Lipinski definition) is 2. The second-order valence-electron chi connectivity index (χ2n) is 5.62. The minimum absolute atomic E-state index is 0.193. The summed E-state index contributed by atoms with van der Waals surface area (Å²) < 4.78 is 14.8. The third kappa shape index (κ3) is 2.98. The lowest BCUT2D eigenvalue weighted by Crippen LogP contribution is -2.22. The summed E-state index contributed by atoms with van der Waals surface area (Å²) in [6.07, 6.45) is 1.79. The quantitative estimate of drug-likeness (QED) is 0.740. The molecule has 3 nitrogen and oxygen atoms in total. The van der Waals surface area contributed by atoms with Crippen molar-refractivity contribution in [2.45, 2.75) is 24.9 Å². The maximum absolute atomic E-state index is 14.4. The fraction of sp³-hybridized carbons (Fsp3) is 0.222. The van der Waals surface area contributed by atoms with E-state index in [0.717, 1.165) is 10.9 Å². The second-order valence-corrected chi connectivity index (χ2v) is 7.00. The van der Waals surface area contributed by atoms with Crippen molar-refractivity contribution in [3.63, 3.8) is 0 Å². The molecule has 0 amide bonds. The van der Waals surface area contributed by atoms with Gasteiger partial charge in [0.15, 0.2) is 6.17 Å². The summed E-state index contributed by atoms with van der Waals surface area (Å²) in [5, 5.41) is 9.14. The van der Waals surface area contributed by atoms with E-state index < -0.39 is 17.5 Å². The van der Waals surface area contributed by atoms with Crippen molar-refractivity contribution < 1.29 is 14.3 Å². The molecule has 1 N–H and O–H groups in total. The van der Waals surface area contributed by atoms with Gasteiger partial charge >= 0.3 is 5.97 Å². The Hall–Kier alpha value is -1.72. The Kier molecular flexibility index (Phi) is 4.74. The molecule has 0 saturated carbocycles. The lowest BCUT2D eigenvalue weighted by molar-refractivity contribution is -0.136. The molecule has 2 aromatic rings. The summed E-state index contributed by atoms with van der Waals surface area (Å²) >= 11 is 9.51. The van der Waals surface area contributed by atoms with Crippen LogP contribution in [0.25, 0.3) is 16.5 Å². The molecule has 0 fully saturated rings. The van der Waals surface area contributed by atoms with Crippen LogP contribution in [0.5, 0.6) is 0 Å². The molecular weight excluding hydrogens is 397 g/mol. The highest BCUT2D eigenvalue weighted by Crippen LogP contribution is 2.40. The first-order chi connectivity index (χ1) is 11.4. The molecular formula is C18H14BrClFNO2. The lowest BCUT2D eigenvalue weighted by atomic mass is 9.88. The number of hydrogen-bond donors (Lipinski definition) is 1. The van der Waals surface area contributed by atoms with Crippen LogP contribution in [0, 0.1) is 6.92 Å². The molecule has 2 unspecified atom stereocenters. The second kappa shape index (κ2) is 6.65. The highest BCUT2D eigenvalue weighted by Gasteiger charge is 2.31. The third-order valence-electron chi connectivity index (χ3n) is 4.06. The average molecular weight is 411 g/mol. The van der Waals surface area contributed by atoms with E-state index in [1.54, 1.807) is 19.1 Å². The lowest BCUT2D eigenvalue weighted by Gasteiger charge is -2.25. The van der Waals surface area contributed by atoms with E-state index in [1.807, 2.05) is 24.3 Å². The highest BCUT2D eigenvalue weighted by molar-refractivity contribution is 9.11. The highest BCUT2D eigenvalue weighted by atomic mass is 79.9. The van der Waals surface area contributed by atoms with Crippen LogP contribution < -0.4 is 0 Å².